The summed E-state index contributed by atoms with van der Waals surface area (Å²) in [5.41, 5.74) is 0.462. The van der Waals surface area contributed by atoms with E-state index in [1.54, 1.807) is 6.92 Å². The van der Waals surface area contributed by atoms with Gasteiger partial charge in [-0.15, -0.1) is 0 Å². The molecule has 0 saturated heterocycles. The summed E-state index contributed by atoms with van der Waals surface area (Å²) < 4.78 is 10.7. The third-order valence-corrected chi connectivity index (χ3v) is 3.54. The standard InChI is InChI=1S/C19H29NO4/c1-6-20(13-12-17(21)24-19(3,4)5)15(2)18(22)23-14-16-10-8-7-9-11-16/h7-11,15H,6,12-14H2,1-5H3/t15-/m1/s1. The van der Waals surface area contributed by atoms with E-state index in [1.807, 2.05) is 62.9 Å². The zero-order valence-corrected chi connectivity index (χ0v) is 15.4. The van der Waals surface area contributed by atoms with Crippen molar-refractivity contribution in [1.29, 1.82) is 0 Å². The van der Waals surface area contributed by atoms with E-state index in [-0.39, 0.29) is 25.0 Å². The summed E-state index contributed by atoms with van der Waals surface area (Å²) in [4.78, 5) is 25.9. The first kappa shape index (κ1) is 20.2. The molecule has 0 aliphatic heterocycles. The highest BCUT2D eigenvalue weighted by molar-refractivity contribution is 5.75. The predicted molar refractivity (Wildman–Crippen MR) is 93.4 cm³/mol. The van der Waals surface area contributed by atoms with E-state index < -0.39 is 11.6 Å². The molecule has 0 fully saturated rings. The molecule has 0 unspecified atom stereocenters. The van der Waals surface area contributed by atoms with Gasteiger partial charge in [0.1, 0.15) is 18.2 Å². The van der Waals surface area contributed by atoms with E-state index >= 15 is 0 Å². The molecule has 0 aromatic heterocycles. The monoisotopic (exact) mass is 335 g/mol. The van der Waals surface area contributed by atoms with Gasteiger partial charge < -0.3 is 9.47 Å². The van der Waals surface area contributed by atoms with Crippen LogP contribution in [-0.4, -0.2) is 41.6 Å². The summed E-state index contributed by atoms with van der Waals surface area (Å²) >= 11 is 0. The van der Waals surface area contributed by atoms with Crippen LogP contribution in [0.2, 0.25) is 0 Å². The SMILES string of the molecule is CCN(CCC(=O)OC(C)(C)C)[C@H](C)C(=O)OCc1ccccc1. The van der Waals surface area contributed by atoms with E-state index in [4.69, 9.17) is 9.47 Å². The van der Waals surface area contributed by atoms with Gasteiger partial charge in [-0.2, -0.15) is 0 Å². The zero-order chi connectivity index (χ0) is 18.2. The number of nitrogens with zero attached hydrogens (tertiary/aromatic N) is 1. The molecule has 0 bridgehead atoms. The van der Waals surface area contributed by atoms with Gasteiger partial charge in [0.25, 0.3) is 0 Å². The molecule has 0 heterocycles. The van der Waals surface area contributed by atoms with Crippen molar-refractivity contribution in [2.45, 2.75) is 59.3 Å². The molecule has 1 atom stereocenters. The molecule has 24 heavy (non-hydrogen) atoms. The molecule has 0 saturated carbocycles. The highest BCUT2D eigenvalue weighted by Gasteiger charge is 2.23. The first-order valence-electron chi connectivity index (χ1n) is 8.39. The Labute approximate surface area is 144 Å². The summed E-state index contributed by atoms with van der Waals surface area (Å²) in [6.45, 7) is 10.7. The average molecular weight is 335 g/mol. The highest BCUT2D eigenvalue weighted by atomic mass is 16.6. The molecule has 0 N–H and O–H groups in total. The minimum Gasteiger partial charge on any atom is -0.460 e. The molecular formula is C19H29NO4. The van der Waals surface area contributed by atoms with E-state index in [1.165, 1.54) is 0 Å². The van der Waals surface area contributed by atoms with Crippen LogP contribution in [-0.2, 0) is 25.7 Å². The maximum Gasteiger partial charge on any atom is 0.323 e. The maximum atomic E-state index is 12.2. The van der Waals surface area contributed by atoms with Crippen molar-refractivity contribution in [3.05, 3.63) is 35.9 Å². The maximum absolute atomic E-state index is 12.2. The largest absolute Gasteiger partial charge is 0.460 e. The summed E-state index contributed by atoms with van der Waals surface area (Å²) in [6.07, 6.45) is 0.251. The Kier molecular flexibility index (Phi) is 7.92. The number of hydrogen-bond donors (Lipinski definition) is 0. The molecule has 0 spiro atoms. The Balaban J connectivity index is 2.45. The van der Waals surface area contributed by atoms with Gasteiger partial charge in [-0.1, -0.05) is 37.3 Å². The van der Waals surface area contributed by atoms with Crippen LogP contribution in [0.25, 0.3) is 0 Å². The number of rotatable bonds is 8. The molecule has 1 aromatic rings. The predicted octanol–water partition coefficient (Wildman–Crippen LogP) is 3.17. The van der Waals surface area contributed by atoms with Crippen LogP contribution in [0.3, 0.4) is 0 Å². The van der Waals surface area contributed by atoms with Gasteiger partial charge in [0, 0.05) is 6.54 Å². The third kappa shape index (κ3) is 7.59. The van der Waals surface area contributed by atoms with E-state index in [0.29, 0.717) is 13.1 Å². The molecule has 1 rings (SSSR count). The number of carbonyl (C=O) groups excluding carboxylic acids is 2. The Morgan fingerprint density at radius 3 is 2.33 bits per heavy atom. The lowest BCUT2D eigenvalue weighted by Gasteiger charge is -2.26. The lowest BCUT2D eigenvalue weighted by molar-refractivity contribution is -0.157. The first-order valence-corrected chi connectivity index (χ1v) is 8.39. The number of esters is 2. The highest BCUT2D eigenvalue weighted by Crippen LogP contribution is 2.10. The second kappa shape index (κ2) is 9.42. The van der Waals surface area contributed by atoms with E-state index in [9.17, 15) is 9.59 Å². The Bertz CT molecular complexity index is 522. The van der Waals surface area contributed by atoms with E-state index in [2.05, 4.69) is 0 Å². The summed E-state index contributed by atoms with van der Waals surface area (Å²) in [5, 5.41) is 0. The van der Waals surface area contributed by atoms with Gasteiger partial charge in [0.15, 0.2) is 0 Å². The first-order chi connectivity index (χ1) is 11.2. The number of hydrogen-bond acceptors (Lipinski definition) is 5. The van der Waals surface area contributed by atoms with Crippen LogP contribution in [0.1, 0.15) is 46.6 Å². The average Bonchev–Trinajstić information content (AvgIpc) is 2.52. The number of benzene rings is 1. The van der Waals surface area contributed by atoms with E-state index in [0.717, 1.165) is 5.56 Å². The minimum atomic E-state index is -0.492. The molecule has 0 amide bonds. The van der Waals surface area contributed by atoms with Gasteiger partial charge in [0.2, 0.25) is 0 Å². The Hall–Kier alpha value is -1.88. The van der Waals surface area contributed by atoms with Crippen molar-refractivity contribution in [2.75, 3.05) is 13.1 Å². The molecule has 0 radical (unpaired) electrons. The molecule has 134 valence electrons. The van der Waals surface area contributed by atoms with Crippen molar-refractivity contribution < 1.29 is 19.1 Å². The lowest BCUT2D eigenvalue weighted by Crippen LogP contribution is -2.41. The molecule has 1 aromatic carbocycles. The molecule has 0 aliphatic carbocycles. The van der Waals surface area contributed by atoms with Crippen molar-refractivity contribution >= 4 is 11.9 Å². The smallest absolute Gasteiger partial charge is 0.323 e. The quantitative estimate of drug-likeness (QED) is 0.683. The van der Waals surface area contributed by atoms with Crippen LogP contribution in [0.15, 0.2) is 30.3 Å². The van der Waals surface area contributed by atoms with Gasteiger partial charge in [0.05, 0.1) is 6.42 Å². The van der Waals surface area contributed by atoms with Crippen molar-refractivity contribution in [2.24, 2.45) is 0 Å². The van der Waals surface area contributed by atoms with Crippen LogP contribution in [0.5, 0.6) is 0 Å². The van der Waals surface area contributed by atoms with Gasteiger partial charge in [-0.05, 0) is 39.8 Å². The van der Waals surface area contributed by atoms with Gasteiger partial charge in [-0.25, -0.2) is 0 Å². The second-order valence-corrected chi connectivity index (χ2v) is 6.73. The Morgan fingerprint density at radius 1 is 1.17 bits per heavy atom. The summed E-state index contributed by atoms with van der Waals surface area (Å²) in [6, 6.07) is 9.16. The fourth-order valence-electron chi connectivity index (χ4n) is 2.25. The summed E-state index contributed by atoms with van der Waals surface area (Å²) in [5.74, 6) is -0.546. The number of ether oxygens (including phenoxy) is 2. The fraction of sp³-hybridized carbons (Fsp3) is 0.579. The topological polar surface area (TPSA) is 55.8 Å². The minimum absolute atomic E-state index is 0.251. The van der Waals surface area contributed by atoms with Crippen LogP contribution >= 0.6 is 0 Å². The van der Waals surface area contributed by atoms with Gasteiger partial charge in [-0.3, -0.25) is 14.5 Å². The van der Waals surface area contributed by atoms with Crippen LogP contribution in [0.4, 0.5) is 0 Å². The van der Waals surface area contributed by atoms with Crippen molar-refractivity contribution in [3.8, 4) is 0 Å². The molecule has 0 aliphatic rings. The van der Waals surface area contributed by atoms with Crippen molar-refractivity contribution in [1.82, 2.24) is 4.90 Å². The molecule has 5 heteroatoms. The second-order valence-electron chi connectivity index (χ2n) is 6.73. The van der Waals surface area contributed by atoms with Crippen LogP contribution in [0, 0.1) is 0 Å². The number of carbonyl (C=O) groups is 2. The van der Waals surface area contributed by atoms with Gasteiger partial charge >= 0.3 is 11.9 Å². The van der Waals surface area contributed by atoms with Crippen molar-refractivity contribution in [3.63, 3.8) is 0 Å². The normalized spacial score (nSPS) is 12.8. The fourth-order valence-corrected chi connectivity index (χ4v) is 2.25. The Morgan fingerprint density at radius 2 is 1.79 bits per heavy atom. The van der Waals surface area contributed by atoms with Crippen LogP contribution < -0.4 is 0 Å². The molecular weight excluding hydrogens is 306 g/mol. The number of likely N-dealkylation sites (N-methyl/N-ethyl adjacent to an activating group) is 1. The third-order valence-electron chi connectivity index (χ3n) is 3.54. The summed E-state index contributed by atoms with van der Waals surface area (Å²) in [7, 11) is 0. The lowest BCUT2D eigenvalue weighted by atomic mass is 10.2. The zero-order valence-electron chi connectivity index (χ0n) is 15.4. The molecule has 5 nitrogen and oxygen atoms in total.